The van der Waals surface area contributed by atoms with Gasteiger partial charge in [0.25, 0.3) is 0 Å². The van der Waals surface area contributed by atoms with E-state index in [1.165, 1.54) is 0 Å². The van der Waals surface area contributed by atoms with Gasteiger partial charge < -0.3 is 9.47 Å². The van der Waals surface area contributed by atoms with Crippen LogP contribution in [0.25, 0.3) is 0 Å². The molecule has 0 aliphatic heterocycles. The second-order valence-corrected chi connectivity index (χ2v) is 5.00. The molecule has 4 heteroatoms. The number of rotatable bonds is 6. The van der Waals surface area contributed by atoms with Gasteiger partial charge in [-0.15, -0.1) is 0 Å². The van der Waals surface area contributed by atoms with Gasteiger partial charge in [-0.3, -0.25) is 5.32 Å². The predicted molar refractivity (Wildman–Crippen MR) is 81.6 cm³/mol. The minimum atomic E-state index is -0.408. The van der Waals surface area contributed by atoms with Gasteiger partial charge in [0.05, 0.1) is 6.61 Å². The Bertz CT molecular complexity index is 434. The monoisotopic (exact) mass is 279 g/mol. The summed E-state index contributed by atoms with van der Waals surface area (Å²) < 4.78 is 10.9. The third-order valence-electron chi connectivity index (χ3n) is 3.00. The summed E-state index contributed by atoms with van der Waals surface area (Å²) >= 11 is 0. The maximum absolute atomic E-state index is 11.8. The molecule has 0 spiro atoms. The van der Waals surface area contributed by atoms with E-state index in [1.807, 2.05) is 39.8 Å². The fraction of sp³-hybridized carbons (Fsp3) is 0.562. The summed E-state index contributed by atoms with van der Waals surface area (Å²) in [5.41, 5.74) is 2.74. The number of carbonyl (C=O) groups is 1. The minimum absolute atomic E-state index is 0.0649. The van der Waals surface area contributed by atoms with Gasteiger partial charge in [-0.2, -0.15) is 0 Å². The molecule has 0 aromatic heterocycles. The van der Waals surface area contributed by atoms with Crippen molar-refractivity contribution in [2.45, 2.75) is 53.6 Å². The SMILES string of the molecule is CCCC(C)OC(=O)Nc1cc(C)c(OCC)c(C)c1. The topological polar surface area (TPSA) is 47.6 Å². The van der Waals surface area contributed by atoms with Crippen molar-refractivity contribution >= 4 is 11.8 Å². The van der Waals surface area contributed by atoms with E-state index in [0.717, 1.165) is 35.4 Å². The quantitative estimate of drug-likeness (QED) is 0.837. The number of benzene rings is 1. The van der Waals surface area contributed by atoms with Crippen molar-refractivity contribution in [3.8, 4) is 5.75 Å². The lowest BCUT2D eigenvalue weighted by Crippen LogP contribution is -2.20. The highest BCUT2D eigenvalue weighted by Crippen LogP contribution is 2.27. The van der Waals surface area contributed by atoms with E-state index in [2.05, 4.69) is 12.2 Å². The van der Waals surface area contributed by atoms with Crippen LogP contribution < -0.4 is 10.1 Å². The van der Waals surface area contributed by atoms with Gasteiger partial charge in [-0.25, -0.2) is 4.79 Å². The third kappa shape index (κ3) is 4.76. The number of anilines is 1. The van der Waals surface area contributed by atoms with E-state index in [9.17, 15) is 4.79 Å². The second kappa shape index (κ2) is 7.78. The molecular weight excluding hydrogens is 254 g/mol. The Labute approximate surface area is 121 Å². The van der Waals surface area contributed by atoms with E-state index >= 15 is 0 Å². The fourth-order valence-electron chi connectivity index (χ4n) is 2.19. The van der Waals surface area contributed by atoms with Crippen LogP contribution in [0.4, 0.5) is 10.5 Å². The summed E-state index contributed by atoms with van der Waals surface area (Å²) in [6.45, 7) is 10.5. The number of hydrogen-bond acceptors (Lipinski definition) is 3. The molecule has 0 aliphatic rings. The lowest BCUT2D eigenvalue weighted by Gasteiger charge is -2.15. The van der Waals surface area contributed by atoms with Crippen molar-refractivity contribution in [3.05, 3.63) is 23.3 Å². The van der Waals surface area contributed by atoms with Crippen molar-refractivity contribution in [2.75, 3.05) is 11.9 Å². The highest BCUT2D eigenvalue weighted by Gasteiger charge is 2.11. The predicted octanol–water partition coefficient (Wildman–Crippen LogP) is 4.44. The number of aryl methyl sites for hydroxylation is 2. The molecule has 0 saturated heterocycles. The highest BCUT2D eigenvalue weighted by atomic mass is 16.6. The first-order valence-corrected chi connectivity index (χ1v) is 7.19. The fourth-order valence-corrected chi connectivity index (χ4v) is 2.19. The van der Waals surface area contributed by atoms with E-state index < -0.39 is 6.09 Å². The molecule has 1 atom stereocenters. The first-order valence-electron chi connectivity index (χ1n) is 7.19. The number of amides is 1. The van der Waals surface area contributed by atoms with Crippen molar-refractivity contribution < 1.29 is 14.3 Å². The van der Waals surface area contributed by atoms with Crippen LogP contribution >= 0.6 is 0 Å². The average molecular weight is 279 g/mol. The smallest absolute Gasteiger partial charge is 0.411 e. The molecule has 1 aromatic rings. The van der Waals surface area contributed by atoms with Crippen LogP contribution in [0.15, 0.2) is 12.1 Å². The van der Waals surface area contributed by atoms with Gasteiger partial charge >= 0.3 is 6.09 Å². The number of ether oxygens (including phenoxy) is 2. The van der Waals surface area contributed by atoms with Crippen LogP contribution in [-0.2, 0) is 4.74 Å². The number of nitrogens with one attached hydrogen (secondary N) is 1. The zero-order valence-electron chi connectivity index (χ0n) is 13.1. The summed E-state index contributed by atoms with van der Waals surface area (Å²) in [6.07, 6.45) is 1.39. The van der Waals surface area contributed by atoms with Crippen LogP contribution in [-0.4, -0.2) is 18.8 Å². The molecule has 4 nitrogen and oxygen atoms in total. The molecule has 1 unspecified atom stereocenters. The summed E-state index contributed by atoms with van der Waals surface area (Å²) in [4.78, 5) is 11.8. The number of carbonyl (C=O) groups excluding carboxylic acids is 1. The maximum atomic E-state index is 11.8. The molecule has 1 N–H and O–H groups in total. The maximum Gasteiger partial charge on any atom is 0.411 e. The first-order chi connectivity index (χ1) is 9.47. The molecule has 0 aliphatic carbocycles. The van der Waals surface area contributed by atoms with E-state index in [-0.39, 0.29) is 6.10 Å². The molecule has 1 amide bonds. The molecule has 0 bridgehead atoms. The van der Waals surface area contributed by atoms with E-state index in [1.54, 1.807) is 0 Å². The molecule has 0 radical (unpaired) electrons. The zero-order chi connectivity index (χ0) is 15.1. The van der Waals surface area contributed by atoms with Crippen LogP contribution in [0.2, 0.25) is 0 Å². The largest absolute Gasteiger partial charge is 0.493 e. The lowest BCUT2D eigenvalue weighted by molar-refractivity contribution is 0.115. The molecule has 1 aromatic carbocycles. The summed E-state index contributed by atoms with van der Waals surface area (Å²) in [6, 6.07) is 3.79. The van der Waals surface area contributed by atoms with Crippen molar-refractivity contribution in [1.29, 1.82) is 0 Å². The van der Waals surface area contributed by atoms with Gasteiger partial charge in [0, 0.05) is 5.69 Å². The van der Waals surface area contributed by atoms with Gasteiger partial charge in [-0.05, 0) is 57.4 Å². The molecule has 1 rings (SSSR count). The second-order valence-electron chi connectivity index (χ2n) is 5.00. The van der Waals surface area contributed by atoms with E-state index in [4.69, 9.17) is 9.47 Å². The third-order valence-corrected chi connectivity index (χ3v) is 3.00. The highest BCUT2D eigenvalue weighted by molar-refractivity contribution is 5.85. The standard InChI is InChI=1S/C16H25NO3/c1-6-8-13(5)20-16(18)17-14-9-11(3)15(19-7-2)12(4)10-14/h9-10,13H,6-8H2,1-5H3,(H,17,18). The van der Waals surface area contributed by atoms with Crippen molar-refractivity contribution in [2.24, 2.45) is 0 Å². The van der Waals surface area contributed by atoms with Gasteiger partial charge in [0.2, 0.25) is 0 Å². The Morgan fingerprint density at radius 3 is 2.35 bits per heavy atom. The lowest BCUT2D eigenvalue weighted by atomic mass is 10.1. The Morgan fingerprint density at radius 2 is 1.85 bits per heavy atom. The molecule has 0 fully saturated rings. The van der Waals surface area contributed by atoms with Gasteiger partial charge in [0.1, 0.15) is 11.9 Å². The van der Waals surface area contributed by atoms with E-state index in [0.29, 0.717) is 6.61 Å². The summed E-state index contributed by atoms with van der Waals surface area (Å²) in [5.74, 6) is 0.880. The Morgan fingerprint density at radius 1 is 1.25 bits per heavy atom. The average Bonchev–Trinajstić information content (AvgIpc) is 2.33. The van der Waals surface area contributed by atoms with Gasteiger partial charge in [-0.1, -0.05) is 13.3 Å². The van der Waals surface area contributed by atoms with Crippen molar-refractivity contribution in [1.82, 2.24) is 0 Å². The molecule has 20 heavy (non-hydrogen) atoms. The van der Waals surface area contributed by atoms with Crippen molar-refractivity contribution in [3.63, 3.8) is 0 Å². The van der Waals surface area contributed by atoms with Crippen LogP contribution in [0.5, 0.6) is 5.75 Å². The van der Waals surface area contributed by atoms with Gasteiger partial charge in [0.15, 0.2) is 0 Å². The minimum Gasteiger partial charge on any atom is -0.493 e. The first kappa shape index (κ1) is 16.3. The zero-order valence-corrected chi connectivity index (χ0v) is 13.1. The number of hydrogen-bond donors (Lipinski definition) is 1. The molecule has 0 saturated carbocycles. The molecule has 0 heterocycles. The summed E-state index contributed by atoms with van der Waals surface area (Å²) in [7, 11) is 0. The summed E-state index contributed by atoms with van der Waals surface area (Å²) in [5, 5.41) is 2.77. The molecule has 112 valence electrons. The Hall–Kier alpha value is -1.71. The van der Waals surface area contributed by atoms with Crippen LogP contribution in [0.3, 0.4) is 0 Å². The Kier molecular flexibility index (Phi) is 6.36. The van der Waals surface area contributed by atoms with Crippen LogP contribution in [0, 0.1) is 13.8 Å². The normalized spacial score (nSPS) is 11.8. The van der Waals surface area contributed by atoms with Crippen LogP contribution in [0.1, 0.15) is 44.7 Å². The molecular formula is C16H25NO3. The Balaban J connectivity index is 2.71.